The monoisotopic (exact) mass is 258 g/mol. The molecule has 0 atom stereocenters. The van der Waals surface area contributed by atoms with Crippen molar-refractivity contribution in [3.63, 3.8) is 0 Å². The van der Waals surface area contributed by atoms with Crippen LogP contribution in [0.5, 0.6) is 0 Å². The molecule has 17 heavy (non-hydrogen) atoms. The van der Waals surface area contributed by atoms with Crippen LogP contribution in [0.1, 0.15) is 0 Å². The minimum absolute atomic E-state index is 0.168. The van der Waals surface area contributed by atoms with E-state index >= 15 is 0 Å². The molecule has 2 N–H and O–H groups in total. The molecule has 0 radical (unpaired) electrons. The highest BCUT2D eigenvalue weighted by Crippen LogP contribution is 2.22. The van der Waals surface area contributed by atoms with Crippen molar-refractivity contribution in [1.29, 1.82) is 0 Å². The van der Waals surface area contributed by atoms with Crippen molar-refractivity contribution >= 4 is 28.3 Å². The number of hydrogen-bond acceptors (Lipinski definition) is 5. The Morgan fingerprint density at radius 2 is 2.29 bits per heavy atom. The van der Waals surface area contributed by atoms with E-state index in [1.807, 2.05) is 0 Å². The molecule has 0 unspecified atom stereocenters. The van der Waals surface area contributed by atoms with Gasteiger partial charge in [-0.05, 0) is 0 Å². The third kappa shape index (κ3) is 1.50. The predicted molar refractivity (Wildman–Crippen MR) is 52.3 cm³/mol. The second-order valence-electron chi connectivity index (χ2n) is 3.48. The Bertz CT molecular complexity index is 720. The van der Waals surface area contributed by atoms with Crippen LogP contribution in [0.3, 0.4) is 0 Å². The first-order valence-corrected chi connectivity index (χ1v) is 5.84. The van der Waals surface area contributed by atoms with Crippen molar-refractivity contribution in [3.8, 4) is 0 Å². The van der Waals surface area contributed by atoms with Crippen molar-refractivity contribution < 1.29 is 22.0 Å². The Hall–Kier alpha value is -1.91. The first-order chi connectivity index (χ1) is 7.96. The van der Waals surface area contributed by atoms with Crippen LogP contribution in [0, 0.1) is 0 Å². The minimum atomic E-state index is -4.75. The summed E-state index contributed by atoms with van der Waals surface area (Å²) in [5.41, 5.74) is 0.305. The van der Waals surface area contributed by atoms with Gasteiger partial charge in [-0.2, -0.15) is 18.6 Å². The molecule has 3 heterocycles. The molecule has 2 bridgehead atoms. The number of carbonyl (C=O) groups is 1. The number of hydrogen-bond donors (Lipinski definition) is 2. The number of aromatic nitrogens is 2. The summed E-state index contributed by atoms with van der Waals surface area (Å²) in [7, 11) is -4.75. The van der Waals surface area contributed by atoms with Gasteiger partial charge in [-0.3, -0.25) is 14.6 Å². The highest BCUT2D eigenvalue weighted by molar-refractivity contribution is 7.80. The topological polar surface area (TPSA) is 116 Å². The van der Waals surface area contributed by atoms with Crippen LogP contribution >= 0.6 is 0 Å². The molecule has 0 aromatic carbocycles. The van der Waals surface area contributed by atoms with Gasteiger partial charge in [0.05, 0.1) is 23.8 Å². The van der Waals surface area contributed by atoms with Gasteiger partial charge < -0.3 is 0 Å². The third-order valence-corrected chi connectivity index (χ3v) is 2.76. The number of carbonyl (C=O) groups excluding carboxylic acids is 1. The lowest BCUT2D eigenvalue weighted by molar-refractivity contribution is 0.0425. The Labute approximate surface area is 94.5 Å². The van der Waals surface area contributed by atoms with Gasteiger partial charge >= 0.3 is 16.4 Å². The van der Waals surface area contributed by atoms with Gasteiger partial charge in [0.1, 0.15) is 0 Å². The van der Waals surface area contributed by atoms with Gasteiger partial charge in [0, 0.05) is 11.4 Å². The maximum absolute atomic E-state index is 11.7. The Balaban J connectivity index is 2.19. The molecule has 0 saturated carbocycles. The molecule has 2 amide bonds. The zero-order valence-electron chi connectivity index (χ0n) is 8.19. The van der Waals surface area contributed by atoms with E-state index in [0.717, 1.165) is 0 Å². The molecule has 0 spiro atoms. The smallest absolute Gasteiger partial charge is 0.291 e. The fraction of sp³-hybridized carbons (Fsp3) is 0.143. The second kappa shape index (κ2) is 3.06. The van der Waals surface area contributed by atoms with Gasteiger partial charge in [-0.1, -0.05) is 0 Å². The minimum Gasteiger partial charge on any atom is -0.291 e. The highest BCUT2D eigenvalue weighted by atomic mass is 32.3. The van der Waals surface area contributed by atoms with Gasteiger partial charge in [0.15, 0.2) is 0 Å². The Kier molecular flexibility index (Phi) is 1.85. The number of fused-ring (bicyclic) bond motifs is 3. The quantitative estimate of drug-likeness (QED) is 0.578. The van der Waals surface area contributed by atoms with E-state index in [4.69, 9.17) is 4.55 Å². The normalized spacial score (nSPS) is 18.4. The number of hydroxylamine groups is 2. The van der Waals surface area contributed by atoms with E-state index in [-0.39, 0.29) is 6.54 Å². The summed E-state index contributed by atoms with van der Waals surface area (Å²) in [5.74, 6) is 0. The number of aromatic amines is 1. The average molecular weight is 258 g/mol. The lowest BCUT2D eigenvalue weighted by Crippen LogP contribution is -2.34. The van der Waals surface area contributed by atoms with E-state index in [2.05, 4.69) is 14.5 Å². The van der Waals surface area contributed by atoms with Crippen molar-refractivity contribution in [2.75, 3.05) is 6.54 Å². The zero-order valence-corrected chi connectivity index (χ0v) is 9.01. The van der Waals surface area contributed by atoms with E-state index in [1.165, 1.54) is 17.3 Å². The zero-order chi connectivity index (χ0) is 12.2. The van der Waals surface area contributed by atoms with Crippen LogP contribution in [0.25, 0.3) is 11.9 Å². The number of nitrogens with zero attached hydrogens (tertiary/aromatic N) is 3. The molecule has 1 aromatic rings. The molecular weight excluding hydrogens is 252 g/mol. The molecule has 1 saturated heterocycles. The first-order valence-electron chi connectivity index (χ1n) is 4.48. The van der Waals surface area contributed by atoms with Gasteiger partial charge in [-0.15, -0.1) is 4.28 Å². The molecule has 10 heteroatoms. The van der Waals surface area contributed by atoms with Gasteiger partial charge in [-0.25, -0.2) is 4.79 Å². The lowest BCUT2D eigenvalue weighted by atomic mass is 10.3. The Morgan fingerprint density at radius 1 is 1.53 bits per heavy atom. The molecule has 3 rings (SSSR count). The number of amides is 2. The van der Waals surface area contributed by atoms with Gasteiger partial charge in [0.25, 0.3) is 0 Å². The maximum atomic E-state index is 11.7. The fourth-order valence-electron chi connectivity index (χ4n) is 1.77. The summed E-state index contributed by atoms with van der Waals surface area (Å²) in [6, 6.07) is -0.692. The summed E-state index contributed by atoms with van der Waals surface area (Å²) >= 11 is 0. The summed E-state index contributed by atoms with van der Waals surface area (Å²) in [6.45, 7) is 0.168. The number of urea groups is 1. The van der Waals surface area contributed by atoms with Crippen LogP contribution in [0.15, 0.2) is 6.20 Å². The molecule has 9 nitrogen and oxygen atoms in total. The molecule has 2 aliphatic rings. The molecule has 1 fully saturated rings. The van der Waals surface area contributed by atoms with Crippen LogP contribution in [-0.4, -0.2) is 45.7 Å². The number of nitrogens with one attached hydrogen (secondary N) is 1. The standard InChI is InChI=1S/C7H6N4O5S/c12-7-10-2-5-4(1-8-9-5)6(3-10)11(7)16-17(13,14)15/h1-2,9H,3H2,(H,13,14,15). The second-order valence-corrected chi connectivity index (χ2v) is 4.48. The van der Waals surface area contributed by atoms with Crippen LogP contribution < -0.4 is 10.6 Å². The predicted octanol–water partition coefficient (Wildman–Crippen LogP) is -2.26. The third-order valence-electron chi connectivity index (χ3n) is 2.42. The maximum Gasteiger partial charge on any atom is 0.419 e. The van der Waals surface area contributed by atoms with E-state index in [0.29, 0.717) is 21.3 Å². The Morgan fingerprint density at radius 3 is 3.00 bits per heavy atom. The number of H-pyrrole nitrogens is 1. The lowest BCUT2D eigenvalue weighted by Gasteiger charge is -2.11. The summed E-state index contributed by atoms with van der Waals surface area (Å²) in [5, 5.41) is 8.07. The van der Waals surface area contributed by atoms with Crippen LogP contribution in [-0.2, 0) is 14.7 Å². The van der Waals surface area contributed by atoms with Crippen molar-refractivity contribution in [3.05, 3.63) is 16.8 Å². The van der Waals surface area contributed by atoms with E-state index in [9.17, 15) is 13.2 Å². The van der Waals surface area contributed by atoms with E-state index in [1.54, 1.807) is 0 Å². The van der Waals surface area contributed by atoms with Crippen molar-refractivity contribution in [2.24, 2.45) is 0 Å². The molecule has 2 aliphatic heterocycles. The van der Waals surface area contributed by atoms with Crippen molar-refractivity contribution in [1.82, 2.24) is 20.2 Å². The van der Waals surface area contributed by atoms with Gasteiger partial charge in [0.2, 0.25) is 0 Å². The molecular formula is C7H6N4O5S. The SMILES string of the molecule is O=C1N2C=c3[nH]ncc3=C(C2)N1OS(=O)(=O)O. The van der Waals surface area contributed by atoms with Crippen LogP contribution in [0.2, 0.25) is 0 Å². The largest absolute Gasteiger partial charge is 0.419 e. The molecule has 1 aromatic heterocycles. The summed E-state index contributed by atoms with van der Waals surface area (Å²) < 4.78 is 34.1. The molecule has 0 aliphatic carbocycles. The van der Waals surface area contributed by atoms with Crippen molar-refractivity contribution in [2.45, 2.75) is 0 Å². The average Bonchev–Trinajstić information content (AvgIpc) is 2.77. The summed E-state index contributed by atoms with van der Waals surface area (Å²) in [4.78, 5) is 12.9. The van der Waals surface area contributed by atoms with Crippen LogP contribution in [0.4, 0.5) is 4.79 Å². The fourth-order valence-corrected chi connectivity index (χ4v) is 2.11. The number of rotatable bonds is 2. The summed E-state index contributed by atoms with van der Waals surface area (Å²) in [6.07, 6.45) is 2.93. The molecule has 90 valence electrons. The highest BCUT2D eigenvalue weighted by Gasteiger charge is 2.38. The first kappa shape index (κ1) is 10.3. The van der Waals surface area contributed by atoms with E-state index < -0.39 is 16.4 Å².